The van der Waals surface area contributed by atoms with Gasteiger partial charge in [0.05, 0.1) is 0 Å². The van der Waals surface area contributed by atoms with Gasteiger partial charge in [0.25, 0.3) is 0 Å². The summed E-state index contributed by atoms with van der Waals surface area (Å²) in [7, 11) is 0. The lowest BCUT2D eigenvalue weighted by Gasteiger charge is -2.21. The van der Waals surface area contributed by atoms with Gasteiger partial charge in [0.2, 0.25) is 11.6 Å². The number of Topliss-reactive ketones (excluding diaryl/α,β-unsaturated/α-hetero) is 2. The fourth-order valence-corrected chi connectivity index (χ4v) is 6.06. The molecule has 234 valence electrons. The van der Waals surface area contributed by atoms with E-state index < -0.39 is 11.9 Å². The number of ketones is 2. The number of oxime groups is 2. The van der Waals surface area contributed by atoms with Crippen LogP contribution in [0, 0.1) is 5.92 Å². The van der Waals surface area contributed by atoms with Crippen LogP contribution in [0.4, 0.5) is 0 Å². The Morgan fingerprint density at radius 3 is 1.82 bits per heavy atom. The van der Waals surface area contributed by atoms with Gasteiger partial charge < -0.3 is 14.2 Å². The average Bonchev–Trinajstić information content (AvgIpc) is 3.34. The summed E-state index contributed by atoms with van der Waals surface area (Å²) >= 11 is 0. The van der Waals surface area contributed by atoms with Crippen LogP contribution in [0.1, 0.15) is 119 Å². The Morgan fingerprint density at radius 2 is 1.30 bits per heavy atom. The number of fused-ring (bicyclic) bond motifs is 3. The Labute approximate surface area is 258 Å². The van der Waals surface area contributed by atoms with Gasteiger partial charge in [-0.3, -0.25) is 9.59 Å². The van der Waals surface area contributed by atoms with Crippen LogP contribution < -0.4 is 0 Å². The van der Waals surface area contributed by atoms with Gasteiger partial charge in [0, 0.05) is 53.3 Å². The van der Waals surface area contributed by atoms with Crippen molar-refractivity contribution < 1.29 is 28.9 Å². The van der Waals surface area contributed by atoms with E-state index in [1.165, 1.54) is 20.3 Å². The normalized spacial score (nSPS) is 14.6. The number of nitrogens with zero attached hydrogens (tertiary/aromatic N) is 3. The molecule has 9 heteroatoms. The molecule has 0 saturated heterocycles. The number of aryl methyl sites for hydroxylation is 1. The molecule has 0 amide bonds. The standard InChI is InChI=1S/C35H43N3O6/c1-5-7-8-12-15-30(36-43-23(3)39)34(41)26-16-18-32-28(21-26)29-22-27(17-19-33(29)38(32)6-2)35(42)31(37-44-24(4)40)20-25-13-10-9-11-14-25/h16-19,21-22,25H,5-15,20H2,1-4H3. The Hall–Kier alpha value is -4.14. The third-order valence-corrected chi connectivity index (χ3v) is 8.27. The molecule has 1 aromatic heterocycles. The second-order valence-corrected chi connectivity index (χ2v) is 11.6. The van der Waals surface area contributed by atoms with E-state index in [2.05, 4.69) is 21.8 Å². The Balaban J connectivity index is 1.73. The van der Waals surface area contributed by atoms with Crippen molar-refractivity contribution in [1.82, 2.24) is 4.57 Å². The van der Waals surface area contributed by atoms with Gasteiger partial charge in [-0.2, -0.15) is 0 Å². The molecule has 0 aliphatic heterocycles. The van der Waals surface area contributed by atoms with Crippen molar-refractivity contribution in [3.63, 3.8) is 0 Å². The summed E-state index contributed by atoms with van der Waals surface area (Å²) in [5.74, 6) is -1.39. The number of benzene rings is 2. The highest BCUT2D eigenvalue weighted by molar-refractivity contribution is 6.47. The summed E-state index contributed by atoms with van der Waals surface area (Å²) < 4.78 is 2.14. The lowest BCUT2D eigenvalue weighted by atomic mass is 9.84. The molecule has 4 rings (SSSR count). The van der Waals surface area contributed by atoms with Crippen molar-refractivity contribution in [3.8, 4) is 0 Å². The highest BCUT2D eigenvalue weighted by Crippen LogP contribution is 2.32. The monoisotopic (exact) mass is 601 g/mol. The topological polar surface area (TPSA) is 116 Å². The van der Waals surface area contributed by atoms with E-state index in [-0.39, 0.29) is 23.0 Å². The highest BCUT2D eigenvalue weighted by atomic mass is 16.7. The van der Waals surface area contributed by atoms with Crippen LogP contribution in [0.5, 0.6) is 0 Å². The van der Waals surface area contributed by atoms with Crippen molar-refractivity contribution in [2.24, 2.45) is 16.2 Å². The minimum atomic E-state index is -0.581. The number of carbonyl (C=O) groups is 4. The molecular weight excluding hydrogens is 558 g/mol. The van der Waals surface area contributed by atoms with Gasteiger partial charge in [0.1, 0.15) is 11.4 Å². The maximum absolute atomic E-state index is 13.8. The number of hydrogen-bond acceptors (Lipinski definition) is 8. The summed E-state index contributed by atoms with van der Waals surface area (Å²) in [6.45, 7) is 7.38. The van der Waals surface area contributed by atoms with Gasteiger partial charge in [-0.25, -0.2) is 9.59 Å². The zero-order chi connectivity index (χ0) is 31.6. The van der Waals surface area contributed by atoms with Crippen molar-refractivity contribution in [2.45, 2.75) is 105 Å². The third-order valence-electron chi connectivity index (χ3n) is 8.27. The molecule has 1 aliphatic rings. The Kier molecular flexibility index (Phi) is 11.6. The molecule has 2 aromatic carbocycles. The number of aromatic nitrogens is 1. The SMILES string of the molecule is CCCCCCC(=NOC(C)=O)C(=O)c1ccc2c(c1)c1cc(C(=O)C(CC3CCCCC3)=NOC(C)=O)ccc1n2CC. The molecule has 0 N–H and O–H groups in total. The molecule has 1 saturated carbocycles. The Morgan fingerprint density at radius 1 is 0.750 bits per heavy atom. The van der Waals surface area contributed by atoms with Crippen LogP contribution in [0.3, 0.4) is 0 Å². The van der Waals surface area contributed by atoms with Gasteiger partial charge >= 0.3 is 11.9 Å². The average molecular weight is 602 g/mol. The highest BCUT2D eigenvalue weighted by Gasteiger charge is 2.24. The number of carbonyl (C=O) groups excluding carboxylic acids is 4. The van der Waals surface area contributed by atoms with E-state index in [0.717, 1.165) is 73.2 Å². The van der Waals surface area contributed by atoms with Crippen LogP contribution in [0.2, 0.25) is 0 Å². The summed E-state index contributed by atoms with van der Waals surface area (Å²) in [5.41, 5.74) is 3.19. The van der Waals surface area contributed by atoms with Crippen LogP contribution >= 0.6 is 0 Å². The predicted octanol–water partition coefficient (Wildman–Crippen LogP) is 7.96. The van der Waals surface area contributed by atoms with Crippen LogP contribution in [0.15, 0.2) is 46.7 Å². The predicted molar refractivity (Wildman–Crippen MR) is 172 cm³/mol. The molecular formula is C35H43N3O6. The zero-order valence-corrected chi connectivity index (χ0v) is 26.3. The first-order chi connectivity index (χ1) is 21.2. The molecule has 0 unspecified atom stereocenters. The first kappa shape index (κ1) is 32.8. The van der Waals surface area contributed by atoms with Gasteiger partial charge in [-0.15, -0.1) is 0 Å². The number of unbranched alkanes of at least 4 members (excludes halogenated alkanes) is 3. The molecule has 44 heavy (non-hydrogen) atoms. The molecule has 1 aliphatic carbocycles. The maximum Gasteiger partial charge on any atom is 0.331 e. The molecule has 0 spiro atoms. The van der Waals surface area contributed by atoms with Crippen molar-refractivity contribution in [1.29, 1.82) is 0 Å². The minimum Gasteiger partial charge on any atom is -0.341 e. The molecule has 0 bridgehead atoms. The van der Waals surface area contributed by atoms with Gasteiger partial charge in [-0.1, -0.05) is 68.6 Å². The molecule has 0 radical (unpaired) electrons. The molecule has 1 heterocycles. The Bertz CT molecular complexity index is 1590. The summed E-state index contributed by atoms with van der Waals surface area (Å²) in [5, 5.41) is 9.56. The summed E-state index contributed by atoms with van der Waals surface area (Å²) in [6.07, 6.45) is 10.2. The fraction of sp³-hybridized carbons (Fsp3) is 0.486. The second kappa shape index (κ2) is 15.5. The summed E-state index contributed by atoms with van der Waals surface area (Å²) in [6, 6.07) is 11.0. The molecule has 9 nitrogen and oxygen atoms in total. The van der Waals surface area contributed by atoms with E-state index in [1.807, 2.05) is 31.2 Å². The van der Waals surface area contributed by atoms with E-state index in [4.69, 9.17) is 9.68 Å². The molecule has 0 atom stereocenters. The van der Waals surface area contributed by atoms with Crippen molar-refractivity contribution >= 4 is 56.7 Å². The van der Waals surface area contributed by atoms with Crippen molar-refractivity contribution in [3.05, 3.63) is 47.5 Å². The van der Waals surface area contributed by atoms with E-state index in [1.54, 1.807) is 12.1 Å². The smallest absolute Gasteiger partial charge is 0.331 e. The second-order valence-electron chi connectivity index (χ2n) is 11.6. The lowest BCUT2D eigenvalue weighted by molar-refractivity contribution is -0.141. The number of hydrogen-bond donors (Lipinski definition) is 0. The zero-order valence-electron chi connectivity index (χ0n) is 26.3. The van der Waals surface area contributed by atoms with E-state index in [9.17, 15) is 19.2 Å². The van der Waals surface area contributed by atoms with Crippen molar-refractivity contribution in [2.75, 3.05) is 0 Å². The van der Waals surface area contributed by atoms with E-state index in [0.29, 0.717) is 36.4 Å². The third kappa shape index (κ3) is 8.07. The van der Waals surface area contributed by atoms with Crippen LogP contribution in [-0.2, 0) is 25.8 Å². The van der Waals surface area contributed by atoms with Gasteiger partial charge in [0.15, 0.2) is 0 Å². The van der Waals surface area contributed by atoms with E-state index >= 15 is 0 Å². The van der Waals surface area contributed by atoms with Crippen LogP contribution in [-0.4, -0.2) is 39.5 Å². The first-order valence-corrected chi connectivity index (χ1v) is 15.9. The number of rotatable bonds is 14. The first-order valence-electron chi connectivity index (χ1n) is 15.9. The minimum absolute atomic E-state index is 0.208. The van der Waals surface area contributed by atoms with Crippen LogP contribution in [0.25, 0.3) is 21.8 Å². The molecule has 1 fully saturated rings. The summed E-state index contributed by atoms with van der Waals surface area (Å²) in [4.78, 5) is 60.2. The fourth-order valence-electron chi connectivity index (χ4n) is 6.06. The van der Waals surface area contributed by atoms with Gasteiger partial charge in [-0.05, 0) is 68.5 Å². The maximum atomic E-state index is 13.8. The largest absolute Gasteiger partial charge is 0.341 e. The lowest BCUT2D eigenvalue weighted by Crippen LogP contribution is -2.21. The molecule has 3 aromatic rings. The quantitative estimate of drug-likeness (QED) is 0.0608.